The maximum Gasteiger partial charge on any atom is 0.126 e. The molecule has 0 spiro atoms. The van der Waals surface area contributed by atoms with Gasteiger partial charge in [0.2, 0.25) is 0 Å². The first-order valence-electron chi connectivity index (χ1n) is 12.9. The number of rotatable bonds is 6. The van der Waals surface area contributed by atoms with E-state index in [4.69, 9.17) is 0 Å². The fourth-order valence-corrected chi connectivity index (χ4v) is 7.26. The summed E-state index contributed by atoms with van der Waals surface area (Å²) >= 11 is 0. The molecular formula is C28H43F. The van der Waals surface area contributed by atoms with Crippen LogP contribution in [0.1, 0.15) is 114 Å². The molecule has 0 heterocycles. The number of fused-ring (bicyclic) bond motifs is 1. The van der Waals surface area contributed by atoms with E-state index in [2.05, 4.69) is 19.1 Å². The SMILES string of the molecule is CCCCCC1CCC2CC(C3CCC(c4ccc(C)cc4F)CC3)CCC2C1. The van der Waals surface area contributed by atoms with Crippen LogP contribution < -0.4 is 0 Å². The summed E-state index contributed by atoms with van der Waals surface area (Å²) in [5.41, 5.74) is 2.02. The molecule has 3 fully saturated rings. The molecule has 1 aromatic carbocycles. The molecule has 0 amide bonds. The topological polar surface area (TPSA) is 0 Å². The number of hydrogen-bond donors (Lipinski definition) is 0. The second kappa shape index (κ2) is 9.97. The molecule has 3 aliphatic rings. The molecule has 162 valence electrons. The van der Waals surface area contributed by atoms with Crippen LogP contribution in [0.25, 0.3) is 0 Å². The molecule has 0 nitrogen and oxygen atoms in total. The number of unbranched alkanes of at least 4 members (excludes halogenated alkanes) is 2. The summed E-state index contributed by atoms with van der Waals surface area (Å²) < 4.78 is 14.4. The summed E-state index contributed by atoms with van der Waals surface area (Å²) in [5, 5.41) is 0. The standard InChI is InChI=1S/C28H43F/c1-3-4-5-6-21-8-9-26-19-25(15-14-24(26)18-21)22-10-12-23(13-11-22)27-16-7-20(2)17-28(27)29/h7,16-17,21-26H,3-6,8-15,18-19H2,1-2H3. The second-order valence-electron chi connectivity index (χ2n) is 10.9. The third-order valence-corrected chi connectivity index (χ3v) is 9.01. The van der Waals surface area contributed by atoms with Gasteiger partial charge >= 0.3 is 0 Å². The van der Waals surface area contributed by atoms with Crippen molar-refractivity contribution in [3.63, 3.8) is 0 Å². The van der Waals surface area contributed by atoms with Crippen LogP contribution in [-0.4, -0.2) is 0 Å². The third kappa shape index (κ3) is 5.26. The molecule has 29 heavy (non-hydrogen) atoms. The van der Waals surface area contributed by atoms with Crippen LogP contribution in [0.15, 0.2) is 18.2 Å². The highest BCUT2D eigenvalue weighted by Gasteiger charge is 2.38. The molecule has 0 radical (unpaired) electrons. The predicted molar refractivity (Wildman–Crippen MR) is 122 cm³/mol. The van der Waals surface area contributed by atoms with Crippen molar-refractivity contribution in [2.75, 3.05) is 0 Å². The van der Waals surface area contributed by atoms with Crippen molar-refractivity contribution in [2.24, 2.45) is 29.6 Å². The van der Waals surface area contributed by atoms with E-state index in [9.17, 15) is 4.39 Å². The van der Waals surface area contributed by atoms with Gasteiger partial charge < -0.3 is 0 Å². The van der Waals surface area contributed by atoms with Crippen molar-refractivity contribution < 1.29 is 4.39 Å². The largest absolute Gasteiger partial charge is 0.207 e. The molecule has 0 aliphatic heterocycles. The molecule has 3 saturated carbocycles. The van der Waals surface area contributed by atoms with E-state index in [0.717, 1.165) is 40.7 Å². The van der Waals surface area contributed by atoms with E-state index in [1.165, 1.54) is 83.5 Å². The lowest BCUT2D eigenvalue weighted by Gasteiger charge is -2.45. The summed E-state index contributed by atoms with van der Waals surface area (Å²) in [4.78, 5) is 0. The maximum absolute atomic E-state index is 14.4. The van der Waals surface area contributed by atoms with Crippen molar-refractivity contribution in [1.82, 2.24) is 0 Å². The van der Waals surface area contributed by atoms with Gasteiger partial charge in [-0.15, -0.1) is 0 Å². The Labute approximate surface area is 179 Å². The Morgan fingerprint density at radius 1 is 0.793 bits per heavy atom. The van der Waals surface area contributed by atoms with Crippen LogP contribution in [0.5, 0.6) is 0 Å². The van der Waals surface area contributed by atoms with Crippen molar-refractivity contribution >= 4 is 0 Å². The van der Waals surface area contributed by atoms with Crippen LogP contribution in [0.3, 0.4) is 0 Å². The van der Waals surface area contributed by atoms with Gasteiger partial charge in [0, 0.05) is 0 Å². The average molecular weight is 399 g/mol. The van der Waals surface area contributed by atoms with Gasteiger partial charge in [-0.25, -0.2) is 4.39 Å². The van der Waals surface area contributed by atoms with Gasteiger partial charge in [0.15, 0.2) is 0 Å². The monoisotopic (exact) mass is 398 g/mol. The van der Waals surface area contributed by atoms with E-state index >= 15 is 0 Å². The van der Waals surface area contributed by atoms with Gasteiger partial charge in [-0.2, -0.15) is 0 Å². The molecule has 0 saturated heterocycles. The van der Waals surface area contributed by atoms with Gasteiger partial charge in [-0.3, -0.25) is 0 Å². The van der Waals surface area contributed by atoms with Crippen LogP contribution in [0, 0.1) is 42.3 Å². The summed E-state index contributed by atoms with van der Waals surface area (Å²) in [6.07, 6.45) is 19.9. The van der Waals surface area contributed by atoms with E-state index in [0.29, 0.717) is 5.92 Å². The van der Waals surface area contributed by atoms with Gasteiger partial charge in [0.05, 0.1) is 0 Å². The Balaban J connectivity index is 1.25. The van der Waals surface area contributed by atoms with E-state index in [1.54, 1.807) is 12.5 Å². The zero-order valence-corrected chi connectivity index (χ0v) is 19.0. The van der Waals surface area contributed by atoms with Crippen molar-refractivity contribution in [2.45, 2.75) is 110 Å². The molecule has 1 heteroatoms. The Hall–Kier alpha value is -0.850. The zero-order valence-electron chi connectivity index (χ0n) is 19.0. The molecule has 0 aromatic heterocycles. The first-order chi connectivity index (χ1) is 14.1. The van der Waals surface area contributed by atoms with Crippen LogP contribution in [-0.2, 0) is 0 Å². The highest BCUT2D eigenvalue weighted by atomic mass is 19.1. The minimum Gasteiger partial charge on any atom is -0.207 e. The quantitative estimate of drug-likeness (QED) is 0.420. The smallest absolute Gasteiger partial charge is 0.126 e. The van der Waals surface area contributed by atoms with Crippen LogP contribution >= 0.6 is 0 Å². The number of halogens is 1. The molecule has 4 rings (SSSR count). The first-order valence-corrected chi connectivity index (χ1v) is 12.9. The van der Waals surface area contributed by atoms with Gasteiger partial charge in [-0.05, 0) is 117 Å². The fraction of sp³-hybridized carbons (Fsp3) is 0.786. The Morgan fingerprint density at radius 3 is 2.17 bits per heavy atom. The van der Waals surface area contributed by atoms with E-state index < -0.39 is 0 Å². The minimum atomic E-state index is 0.0321. The van der Waals surface area contributed by atoms with Crippen molar-refractivity contribution in [1.29, 1.82) is 0 Å². The first kappa shape index (κ1) is 21.4. The fourth-order valence-electron chi connectivity index (χ4n) is 7.26. The predicted octanol–water partition coefficient (Wildman–Crippen LogP) is 8.82. The van der Waals surface area contributed by atoms with E-state index in [-0.39, 0.29) is 5.82 Å². The molecule has 0 N–H and O–H groups in total. The molecular weight excluding hydrogens is 355 g/mol. The lowest BCUT2D eigenvalue weighted by molar-refractivity contribution is 0.0613. The molecule has 4 atom stereocenters. The van der Waals surface area contributed by atoms with Gasteiger partial charge in [0.25, 0.3) is 0 Å². The zero-order chi connectivity index (χ0) is 20.2. The summed E-state index contributed by atoms with van der Waals surface area (Å²) in [6, 6.07) is 5.87. The lowest BCUT2D eigenvalue weighted by Crippen LogP contribution is -2.34. The second-order valence-corrected chi connectivity index (χ2v) is 10.9. The summed E-state index contributed by atoms with van der Waals surface area (Å²) in [7, 11) is 0. The number of aryl methyl sites for hydroxylation is 1. The molecule has 1 aromatic rings. The summed E-state index contributed by atoms with van der Waals surface area (Å²) in [6.45, 7) is 4.31. The van der Waals surface area contributed by atoms with Gasteiger partial charge in [-0.1, -0.05) is 51.2 Å². The van der Waals surface area contributed by atoms with E-state index in [1.807, 2.05) is 6.92 Å². The number of benzene rings is 1. The highest BCUT2D eigenvalue weighted by Crippen LogP contribution is 2.50. The maximum atomic E-state index is 14.4. The Bertz CT molecular complexity index is 642. The minimum absolute atomic E-state index is 0.0321. The number of hydrogen-bond acceptors (Lipinski definition) is 0. The highest BCUT2D eigenvalue weighted by molar-refractivity contribution is 5.26. The summed E-state index contributed by atoms with van der Waals surface area (Å²) in [5.74, 6) is 5.50. The molecule has 3 aliphatic carbocycles. The Morgan fingerprint density at radius 2 is 1.45 bits per heavy atom. The average Bonchev–Trinajstić information content (AvgIpc) is 2.74. The normalized spacial score (nSPS) is 35.3. The third-order valence-electron chi connectivity index (χ3n) is 9.01. The molecule has 0 bridgehead atoms. The van der Waals surface area contributed by atoms with Crippen LogP contribution in [0.4, 0.5) is 4.39 Å². The molecule has 4 unspecified atom stereocenters. The van der Waals surface area contributed by atoms with Crippen molar-refractivity contribution in [3.05, 3.63) is 35.1 Å². The Kier molecular flexibility index (Phi) is 7.35. The lowest BCUT2D eigenvalue weighted by atomic mass is 9.60. The van der Waals surface area contributed by atoms with Crippen LogP contribution in [0.2, 0.25) is 0 Å². The van der Waals surface area contributed by atoms with Gasteiger partial charge in [0.1, 0.15) is 5.82 Å². The van der Waals surface area contributed by atoms with Crippen molar-refractivity contribution in [3.8, 4) is 0 Å².